The van der Waals surface area contributed by atoms with Gasteiger partial charge in [0.2, 0.25) is 0 Å². The van der Waals surface area contributed by atoms with E-state index in [-0.39, 0.29) is 11.4 Å². The number of carbonyl (C=O) groups is 1. The number of nitrogens with two attached hydrogens (primary N) is 1. The molecule has 1 aliphatic carbocycles. The van der Waals surface area contributed by atoms with Crippen molar-refractivity contribution in [3.05, 3.63) is 0 Å². The van der Waals surface area contributed by atoms with Crippen molar-refractivity contribution in [1.82, 2.24) is 0 Å². The van der Waals surface area contributed by atoms with Crippen molar-refractivity contribution in [3.8, 4) is 0 Å². The predicted molar refractivity (Wildman–Crippen MR) is 60.4 cm³/mol. The van der Waals surface area contributed by atoms with Gasteiger partial charge in [0, 0.05) is 0 Å². The summed E-state index contributed by atoms with van der Waals surface area (Å²) >= 11 is 0. The molecule has 1 rings (SSSR count). The third-order valence-electron chi connectivity index (χ3n) is 2.98. The zero-order chi connectivity index (χ0) is 11.7. The molecule has 0 aromatic rings. The molecule has 0 spiro atoms. The Hall–Kier alpha value is -0.570. The summed E-state index contributed by atoms with van der Waals surface area (Å²) in [7, 11) is 0. The van der Waals surface area contributed by atoms with Crippen LogP contribution in [0.4, 0.5) is 0 Å². The fourth-order valence-electron chi connectivity index (χ4n) is 1.98. The Morgan fingerprint density at radius 1 is 1.47 bits per heavy atom. The molecule has 1 atom stereocenters. The second kappa shape index (κ2) is 4.12. The third-order valence-corrected chi connectivity index (χ3v) is 2.98. The third kappa shape index (κ3) is 3.82. The quantitative estimate of drug-likeness (QED) is 0.731. The van der Waals surface area contributed by atoms with Crippen LogP contribution in [0, 0.1) is 5.41 Å². The highest BCUT2D eigenvalue weighted by Crippen LogP contribution is 2.43. The summed E-state index contributed by atoms with van der Waals surface area (Å²) in [5.74, 6) is -0.268. The number of esters is 1. The Labute approximate surface area is 92.4 Å². The summed E-state index contributed by atoms with van der Waals surface area (Å²) in [4.78, 5) is 11.6. The highest BCUT2D eigenvalue weighted by atomic mass is 16.6. The van der Waals surface area contributed by atoms with Crippen LogP contribution in [0.2, 0.25) is 0 Å². The summed E-state index contributed by atoms with van der Waals surface area (Å²) in [6.07, 6.45) is 4.38. The Balaban J connectivity index is 2.39. The lowest BCUT2D eigenvalue weighted by Gasteiger charge is -2.40. The van der Waals surface area contributed by atoms with E-state index < -0.39 is 11.6 Å². The van der Waals surface area contributed by atoms with E-state index in [1.54, 1.807) is 0 Å². The largest absolute Gasteiger partial charge is 0.459 e. The van der Waals surface area contributed by atoms with Gasteiger partial charge in [0.25, 0.3) is 0 Å². The van der Waals surface area contributed by atoms with E-state index in [9.17, 15) is 4.79 Å². The number of rotatable bonds is 3. The smallest absolute Gasteiger partial charge is 0.323 e. The minimum Gasteiger partial charge on any atom is -0.459 e. The fraction of sp³-hybridized carbons (Fsp3) is 0.917. The summed E-state index contributed by atoms with van der Waals surface area (Å²) < 4.78 is 5.25. The molecule has 1 fully saturated rings. The van der Waals surface area contributed by atoms with E-state index >= 15 is 0 Å². The van der Waals surface area contributed by atoms with Crippen LogP contribution in [0.5, 0.6) is 0 Å². The van der Waals surface area contributed by atoms with Crippen molar-refractivity contribution in [2.45, 2.75) is 65.0 Å². The molecule has 2 N–H and O–H groups in total. The van der Waals surface area contributed by atoms with E-state index in [1.807, 2.05) is 20.8 Å². The van der Waals surface area contributed by atoms with Gasteiger partial charge in [-0.2, -0.15) is 0 Å². The number of hydrogen-bond donors (Lipinski definition) is 1. The van der Waals surface area contributed by atoms with Gasteiger partial charge in [-0.3, -0.25) is 4.79 Å². The van der Waals surface area contributed by atoms with Crippen molar-refractivity contribution in [1.29, 1.82) is 0 Å². The normalized spacial score (nSPS) is 21.7. The molecule has 3 nitrogen and oxygen atoms in total. The van der Waals surface area contributed by atoms with Crippen LogP contribution in [0.15, 0.2) is 0 Å². The predicted octanol–water partition coefficient (Wildman–Crippen LogP) is 2.24. The minimum absolute atomic E-state index is 0.268. The van der Waals surface area contributed by atoms with Crippen molar-refractivity contribution >= 4 is 5.97 Å². The van der Waals surface area contributed by atoms with E-state index in [0.29, 0.717) is 0 Å². The lowest BCUT2D eigenvalue weighted by Crippen LogP contribution is -2.42. The Morgan fingerprint density at radius 3 is 2.33 bits per heavy atom. The maximum Gasteiger partial charge on any atom is 0.323 e. The van der Waals surface area contributed by atoms with Crippen molar-refractivity contribution in [2.75, 3.05) is 0 Å². The SMILES string of the molecule is CC1(C[C@@H](N)C(=O)OC(C)(C)C)CCC1. The van der Waals surface area contributed by atoms with Crippen LogP contribution in [0.1, 0.15) is 53.4 Å². The van der Waals surface area contributed by atoms with Crippen molar-refractivity contribution in [2.24, 2.45) is 11.1 Å². The second-order valence-electron chi connectivity index (χ2n) is 6.01. The molecule has 88 valence electrons. The minimum atomic E-state index is -0.463. The molecular formula is C12H23NO2. The molecule has 1 aliphatic rings. The van der Waals surface area contributed by atoms with Crippen LogP contribution < -0.4 is 5.73 Å². The molecule has 1 saturated carbocycles. The van der Waals surface area contributed by atoms with Crippen molar-refractivity contribution < 1.29 is 9.53 Å². The summed E-state index contributed by atoms with van der Waals surface area (Å²) in [6, 6.07) is -0.463. The van der Waals surface area contributed by atoms with E-state index in [4.69, 9.17) is 10.5 Å². The first-order chi connectivity index (χ1) is 6.72. The summed E-state index contributed by atoms with van der Waals surface area (Å²) in [5.41, 5.74) is 5.68. The zero-order valence-electron chi connectivity index (χ0n) is 10.3. The number of carbonyl (C=O) groups excluding carboxylic acids is 1. The van der Waals surface area contributed by atoms with Crippen LogP contribution >= 0.6 is 0 Å². The topological polar surface area (TPSA) is 52.3 Å². The Morgan fingerprint density at radius 2 is 2.00 bits per heavy atom. The van der Waals surface area contributed by atoms with Gasteiger partial charge in [0.05, 0.1) is 0 Å². The first-order valence-corrected chi connectivity index (χ1v) is 5.70. The van der Waals surface area contributed by atoms with Crippen LogP contribution in [-0.4, -0.2) is 17.6 Å². The van der Waals surface area contributed by atoms with Crippen molar-refractivity contribution in [3.63, 3.8) is 0 Å². The van der Waals surface area contributed by atoms with Crippen LogP contribution in [0.25, 0.3) is 0 Å². The average Bonchev–Trinajstić information content (AvgIpc) is 1.98. The fourth-order valence-corrected chi connectivity index (χ4v) is 1.98. The molecule has 0 aromatic heterocycles. The first kappa shape index (κ1) is 12.5. The van der Waals surface area contributed by atoms with Gasteiger partial charge < -0.3 is 10.5 Å². The van der Waals surface area contributed by atoms with Gasteiger partial charge in [0.15, 0.2) is 0 Å². The number of ether oxygens (including phenoxy) is 1. The molecule has 3 heteroatoms. The van der Waals surface area contributed by atoms with E-state index in [0.717, 1.165) is 6.42 Å². The molecule has 0 aromatic carbocycles. The Kier molecular flexibility index (Phi) is 3.44. The lowest BCUT2D eigenvalue weighted by atomic mass is 9.67. The van der Waals surface area contributed by atoms with E-state index in [2.05, 4.69) is 6.92 Å². The van der Waals surface area contributed by atoms with Gasteiger partial charge in [-0.1, -0.05) is 13.3 Å². The highest BCUT2D eigenvalue weighted by molar-refractivity contribution is 5.75. The van der Waals surface area contributed by atoms with Gasteiger partial charge in [-0.25, -0.2) is 0 Å². The molecule has 15 heavy (non-hydrogen) atoms. The summed E-state index contributed by atoms with van der Waals surface area (Å²) in [6.45, 7) is 7.79. The van der Waals surface area contributed by atoms with Crippen LogP contribution in [-0.2, 0) is 9.53 Å². The molecular weight excluding hydrogens is 190 g/mol. The second-order valence-corrected chi connectivity index (χ2v) is 6.01. The van der Waals surface area contributed by atoms with Crippen LogP contribution in [0.3, 0.4) is 0 Å². The zero-order valence-corrected chi connectivity index (χ0v) is 10.3. The standard InChI is InChI=1S/C12H23NO2/c1-11(2,3)15-10(14)9(13)8-12(4)6-5-7-12/h9H,5-8,13H2,1-4H3/t9-/m1/s1. The Bertz CT molecular complexity index is 238. The monoisotopic (exact) mass is 213 g/mol. The first-order valence-electron chi connectivity index (χ1n) is 5.70. The highest BCUT2D eigenvalue weighted by Gasteiger charge is 2.36. The molecule has 0 saturated heterocycles. The lowest BCUT2D eigenvalue weighted by molar-refractivity contribution is -0.157. The van der Waals surface area contributed by atoms with Gasteiger partial charge in [0.1, 0.15) is 11.6 Å². The summed E-state index contributed by atoms with van der Waals surface area (Å²) in [5, 5.41) is 0. The van der Waals surface area contributed by atoms with Gasteiger partial charge in [-0.15, -0.1) is 0 Å². The molecule has 0 aliphatic heterocycles. The maximum absolute atomic E-state index is 11.6. The maximum atomic E-state index is 11.6. The molecule has 0 unspecified atom stereocenters. The molecule has 0 bridgehead atoms. The molecule has 0 heterocycles. The van der Waals surface area contributed by atoms with E-state index in [1.165, 1.54) is 19.3 Å². The van der Waals surface area contributed by atoms with Gasteiger partial charge >= 0.3 is 5.97 Å². The average molecular weight is 213 g/mol. The number of hydrogen-bond acceptors (Lipinski definition) is 3. The van der Waals surface area contributed by atoms with Gasteiger partial charge in [-0.05, 0) is 45.4 Å². The molecule has 0 radical (unpaired) electrons. The molecule has 0 amide bonds.